The van der Waals surface area contributed by atoms with Crippen molar-refractivity contribution in [1.29, 1.82) is 0 Å². The minimum atomic E-state index is -0.821. The number of amides is 1. The normalized spacial score (nSPS) is 17.8. The van der Waals surface area contributed by atoms with E-state index in [-0.39, 0.29) is 5.91 Å². The van der Waals surface area contributed by atoms with Gasteiger partial charge in [-0.2, -0.15) is 0 Å². The summed E-state index contributed by atoms with van der Waals surface area (Å²) in [4.78, 5) is 19.3. The number of carbonyl (C=O) groups is 1. The molecule has 23 heavy (non-hydrogen) atoms. The van der Waals surface area contributed by atoms with Crippen LogP contribution in [0.1, 0.15) is 23.3 Å². The lowest BCUT2D eigenvalue weighted by atomic mass is 9.85. The highest BCUT2D eigenvalue weighted by atomic mass is 32.1. The van der Waals surface area contributed by atoms with E-state index >= 15 is 0 Å². The molecule has 2 aromatic heterocycles. The predicted molar refractivity (Wildman–Crippen MR) is 90.0 cm³/mol. The van der Waals surface area contributed by atoms with Gasteiger partial charge in [0.15, 0.2) is 0 Å². The molecule has 0 saturated carbocycles. The van der Waals surface area contributed by atoms with Gasteiger partial charge in [0.05, 0.1) is 18.7 Å². The van der Waals surface area contributed by atoms with Gasteiger partial charge in [0.1, 0.15) is 0 Å². The minimum Gasteiger partial charge on any atom is -0.385 e. The summed E-state index contributed by atoms with van der Waals surface area (Å²) in [6.45, 7) is 2.38. The summed E-state index contributed by atoms with van der Waals surface area (Å²) in [5, 5.41) is 15.7. The van der Waals surface area contributed by atoms with Gasteiger partial charge in [-0.1, -0.05) is 12.1 Å². The Kier molecular flexibility index (Phi) is 5.05. The lowest BCUT2D eigenvalue weighted by molar-refractivity contribution is -0.123. The SMILES string of the molecule is O=C(CN1CCC(O)(c2cccnc2)CC1)NCc1cccs1. The summed E-state index contributed by atoms with van der Waals surface area (Å²) in [7, 11) is 0. The number of hydrogen-bond acceptors (Lipinski definition) is 5. The molecule has 0 spiro atoms. The lowest BCUT2D eigenvalue weighted by Gasteiger charge is -2.38. The molecule has 0 radical (unpaired) electrons. The molecule has 0 aromatic carbocycles. The lowest BCUT2D eigenvalue weighted by Crippen LogP contribution is -2.46. The van der Waals surface area contributed by atoms with Crippen LogP contribution in [-0.2, 0) is 16.9 Å². The van der Waals surface area contributed by atoms with Crippen molar-refractivity contribution in [3.05, 3.63) is 52.5 Å². The highest BCUT2D eigenvalue weighted by Crippen LogP contribution is 2.31. The second-order valence-electron chi connectivity index (χ2n) is 5.91. The van der Waals surface area contributed by atoms with Gasteiger partial charge in [0, 0.05) is 35.9 Å². The number of rotatable bonds is 5. The van der Waals surface area contributed by atoms with Crippen molar-refractivity contribution in [2.45, 2.75) is 25.0 Å². The highest BCUT2D eigenvalue weighted by Gasteiger charge is 2.34. The number of hydrogen-bond donors (Lipinski definition) is 2. The molecule has 3 heterocycles. The second kappa shape index (κ2) is 7.21. The van der Waals surface area contributed by atoms with E-state index in [1.54, 1.807) is 23.7 Å². The van der Waals surface area contributed by atoms with Crippen molar-refractivity contribution in [2.75, 3.05) is 19.6 Å². The number of piperidine rings is 1. The molecule has 122 valence electrons. The van der Waals surface area contributed by atoms with Crippen molar-refractivity contribution in [3.8, 4) is 0 Å². The maximum absolute atomic E-state index is 12.0. The molecule has 0 aliphatic carbocycles. The fraction of sp³-hybridized carbons (Fsp3) is 0.412. The van der Waals surface area contributed by atoms with Crippen LogP contribution in [0.3, 0.4) is 0 Å². The molecule has 0 unspecified atom stereocenters. The first kappa shape index (κ1) is 16.1. The Morgan fingerprint density at radius 1 is 1.35 bits per heavy atom. The van der Waals surface area contributed by atoms with E-state index in [1.165, 1.54) is 0 Å². The summed E-state index contributed by atoms with van der Waals surface area (Å²) >= 11 is 1.64. The molecule has 6 heteroatoms. The van der Waals surface area contributed by atoms with Crippen LogP contribution in [0.25, 0.3) is 0 Å². The molecule has 1 amide bonds. The molecule has 1 fully saturated rings. The topological polar surface area (TPSA) is 65.5 Å². The fourth-order valence-electron chi connectivity index (χ4n) is 2.87. The largest absolute Gasteiger partial charge is 0.385 e. The smallest absolute Gasteiger partial charge is 0.234 e. The summed E-state index contributed by atoms with van der Waals surface area (Å²) in [6, 6.07) is 7.75. The van der Waals surface area contributed by atoms with Gasteiger partial charge < -0.3 is 10.4 Å². The van der Waals surface area contributed by atoms with Crippen LogP contribution >= 0.6 is 11.3 Å². The molecule has 2 N–H and O–H groups in total. The monoisotopic (exact) mass is 331 g/mol. The Balaban J connectivity index is 1.46. The van der Waals surface area contributed by atoms with Gasteiger partial charge in [-0.15, -0.1) is 11.3 Å². The van der Waals surface area contributed by atoms with Crippen LogP contribution < -0.4 is 5.32 Å². The maximum Gasteiger partial charge on any atom is 0.234 e. The Morgan fingerprint density at radius 3 is 2.83 bits per heavy atom. The molecule has 2 aromatic rings. The highest BCUT2D eigenvalue weighted by molar-refractivity contribution is 7.09. The van der Waals surface area contributed by atoms with E-state index in [0.717, 1.165) is 10.4 Å². The van der Waals surface area contributed by atoms with E-state index < -0.39 is 5.60 Å². The predicted octanol–water partition coefficient (Wildman–Crippen LogP) is 1.74. The third kappa shape index (κ3) is 4.16. The average Bonchev–Trinajstić information content (AvgIpc) is 3.10. The van der Waals surface area contributed by atoms with E-state index in [1.807, 2.05) is 29.6 Å². The van der Waals surface area contributed by atoms with Gasteiger partial charge in [-0.05, 0) is 30.4 Å². The zero-order chi connectivity index (χ0) is 16.1. The maximum atomic E-state index is 12.0. The van der Waals surface area contributed by atoms with Crippen molar-refractivity contribution in [1.82, 2.24) is 15.2 Å². The van der Waals surface area contributed by atoms with Crippen molar-refractivity contribution < 1.29 is 9.90 Å². The standard InChI is InChI=1S/C17H21N3O2S/c21-16(19-12-15-4-2-10-23-15)13-20-8-5-17(22,6-9-20)14-3-1-7-18-11-14/h1-4,7,10-11,22H,5-6,8-9,12-13H2,(H,19,21). The molecule has 5 nitrogen and oxygen atoms in total. The summed E-state index contributed by atoms with van der Waals surface area (Å²) in [6.07, 6.45) is 4.68. The zero-order valence-electron chi connectivity index (χ0n) is 12.9. The molecular weight excluding hydrogens is 310 g/mol. The summed E-state index contributed by atoms with van der Waals surface area (Å²) in [5.74, 6) is 0.0326. The number of carbonyl (C=O) groups excluding carboxylic acids is 1. The third-order valence-electron chi connectivity index (χ3n) is 4.29. The first-order chi connectivity index (χ1) is 11.2. The van der Waals surface area contributed by atoms with E-state index in [4.69, 9.17) is 0 Å². The molecular formula is C17H21N3O2S. The third-order valence-corrected chi connectivity index (χ3v) is 5.17. The number of aliphatic hydroxyl groups is 1. The average molecular weight is 331 g/mol. The quantitative estimate of drug-likeness (QED) is 0.876. The van der Waals surface area contributed by atoms with Crippen molar-refractivity contribution in [2.24, 2.45) is 0 Å². The Hall–Kier alpha value is -1.76. The zero-order valence-corrected chi connectivity index (χ0v) is 13.8. The number of nitrogens with one attached hydrogen (secondary N) is 1. The molecule has 1 aliphatic rings. The van der Waals surface area contributed by atoms with Gasteiger partial charge in [0.2, 0.25) is 5.91 Å². The molecule has 1 saturated heterocycles. The van der Waals surface area contributed by atoms with Crippen LogP contribution in [0.5, 0.6) is 0 Å². The van der Waals surface area contributed by atoms with Gasteiger partial charge >= 0.3 is 0 Å². The van der Waals surface area contributed by atoms with E-state index in [9.17, 15) is 9.90 Å². The van der Waals surface area contributed by atoms with Crippen LogP contribution in [0.2, 0.25) is 0 Å². The summed E-state index contributed by atoms with van der Waals surface area (Å²) in [5.41, 5.74) is 0.0415. The summed E-state index contributed by atoms with van der Waals surface area (Å²) < 4.78 is 0. The number of pyridine rings is 1. The Bertz CT molecular complexity index is 623. The van der Waals surface area contributed by atoms with Crippen LogP contribution in [-0.4, -0.2) is 40.5 Å². The van der Waals surface area contributed by atoms with Crippen molar-refractivity contribution in [3.63, 3.8) is 0 Å². The fourth-order valence-corrected chi connectivity index (χ4v) is 3.51. The number of likely N-dealkylation sites (tertiary alicyclic amines) is 1. The molecule has 0 atom stereocenters. The van der Waals surface area contributed by atoms with E-state index in [0.29, 0.717) is 39.0 Å². The second-order valence-corrected chi connectivity index (χ2v) is 6.94. The molecule has 3 rings (SSSR count). The van der Waals surface area contributed by atoms with Crippen molar-refractivity contribution >= 4 is 17.2 Å². The van der Waals surface area contributed by atoms with Crippen LogP contribution in [0.15, 0.2) is 42.0 Å². The van der Waals surface area contributed by atoms with Gasteiger partial charge in [-0.25, -0.2) is 0 Å². The Labute approximate surface area is 140 Å². The molecule has 1 aliphatic heterocycles. The number of thiophene rings is 1. The minimum absolute atomic E-state index is 0.0326. The first-order valence-electron chi connectivity index (χ1n) is 7.80. The molecule has 0 bridgehead atoms. The van der Waals surface area contributed by atoms with E-state index in [2.05, 4.69) is 15.2 Å². The van der Waals surface area contributed by atoms with Gasteiger partial charge in [-0.3, -0.25) is 14.7 Å². The van der Waals surface area contributed by atoms with Crippen LogP contribution in [0, 0.1) is 0 Å². The Morgan fingerprint density at radius 2 is 2.17 bits per heavy atom. The first-order valence-corrected chi connectivity index (χ1v) is 8.68. The van der Waals surface area contributed by atoms with Crippen LogP contribution in [0.4, 0.5) is 0 Å². The number of aromatic nitrogens is 1. The number of nitrogens with zero attached hydrogens (tertiary/aromatic N) is 2. The van der Waals surface area contributed by atoms with Gasteiger partial charge in [0.25, 0.3) is 0 Å².